The van der Waals surface area contributed by atoms with Crippen molar-refractivity contribution in [1.29, 1.82) is 0 Å². The van der Waals surface area contributed by atoms with Crippen LogP contribution >= 0.6 is 0 Å². The van der Waals surface area contributed by atoms with Crippen LogP contribution < -0.4 is 10.6 Å². The molecule has 0 saturated heterocycles. The molecule has 104 valence electrons. The molecule has 0 bridgehead atoms. The molecule has 2 heterocycles. The molecule has 0 aliphatic rings. The highest BCUT2D eigenvalue weighted by Crippen LogP contribution is 2.12. The Bertz CT molecular complexity index is 605. The first-order chi connectivity index (χ1) is 9.58. The largest absolute Gasteiger partial charge is 0.370 e. The van der Waals surface area contributed by atoms with Crippen molar-refractivity contribution in [2.24, 2.45) is 0 Å². The molecule has 0 unspecified atom stereocenters. The van der Waals surface area contributed by atoms with E-state index in [0.717, 1.165) is 17.8 Å². The summed E-state index contributed by atoms with van der Waals surface area (Å²) in [5.74, 6) is 1.06. The van der Waals surface area contributed by atoms with Crippen LogP contribution in [0.25, 0.3) is 0 Å². The molecule has 0 radical (unpaired) electrons. The highest BCUT2D eigenvalue weighted by Gasteiger charge is 2.08. The summed E-state index contributed by atoms with van der Waals surface area (Å²) in [6, 6.07) is 7.21. The molecule has 2 N–H and O–H groups in total. The summed E-state index contributed by atoms with van der Waals surface area (Å²) in [5.41, 5.74) is 2.50. The number of pyridine rings is 2. The Morgan fingerprint density at radius 3 is 2.70 bits per heavy atom. The van der Waals surface area contributed by atoms with Crippen molar-refractivity contribution in [2.45, 2.75) is 20.8 Å². The number of nitrogens with one attached hydrogen (secondary N) is 2. The van der Waals surface area contributed by atoms with E-state index in [4.69, 9.17) is 0 Å². The van der Waals surface area contributed by atoms with Gasteiger partial charge in [-0.1, -0.05) is 0 Å². The Balaban J connectivity index is 2.17. The fourth-order valence-corrected chi connectivity index (χ4v) is 1.94. The Labute approximate surface area is 118 Å². The maximum atomic E-state index is 12.2. The van der Waals surface area contributed by atoms with Gasteiger partial charge < -0.3 is 10.6 Å². The zero-order valence-electron chi connectivity index (χ0n) is 11.9. The Hall–Kier alpha value is -2.43. The molecular formula is C15H18N4O. The predicted octanol–water partition coefficient (Wildman–Crippen LogP) is 2.78. The Morgan fingerprint density at radius 2 is 2.00 bits per heavy atom. The second-order valence-electron chi connectivity index (χ2n) is 4.59. The molecule has 1 amide bonds. The number of rotatable bonds is 4. The molecule has 20 heavy (non-hydrogen) atoms. The SMILES string of the molecule is CCNc1cc(C(=O)Nc2cc(C)cc(C)n2)ccn1. The van der Waals surface area contributed by atoms with E-state index < -0.39 is 0 Å². The fourth-order valence-electron chi connectivity index (χ4n) is 1.94. The zero-order valence-corrected chi connectivity index (χ0v) is 11.9. The van der Waals surface area contributed by atoms with E-state index in [9.17, 15) is 4.79 Å². The summed E-state index contributed by atoms with van der Waals surface area (Å²) in [6.07, 6.45) is 1.61. The molecular weight excluding hydrogens is 252 g/mol. The average molecular weight is 270 g/mol. The lowest BCUT2D eigenvalue weighted by atomic mass is 10.2. The van der Waals surface area contributed by atoms with Gasteiger partial charge in [0.25, 0.3) is 5.91 Å². The molecule has 5 heteroatoms. The molecule has 0 saturated carbocycles. The molecule has 0 fully saturated rings. The molecule has 2 aromatic heterocycles. The molecule has 5 nitrogen and oxygen atoms in total. The van der Waals surface area contributed by atoms with Gasteiger partial charge in [0.15, 0.2) is 0 Å². The van der Waals surface area contributed by atoms with Crippen LogP contribution in [-0.4, -0.2) is 22.4 Å². The standard InChI is InChI=1S/C15H18N4O/c1-4-16-13-9-12(5-6-17-13)15(20)19-14-8-10(2)7-11(3)18-14/h5-9H,4H2,1-3H3,(H,16,17)(H,18,19,20). The third-order valence-electron chi connectivity index (χ3n) is 2.72. The number of hydrogen-bond donors (Lipinski definition) is 2. The van der Waals surface area contributed by atoms with Gasteiger partial charge in [0.1, 0.15) is 11.6 Å². The highest BCUT2D eigenvalue weighted by atomic mass is 16.1. The van der Waals surface area contributed by atoms with Gasteiger partial charge in [0.2, 0.25) is 0 Å². The number of hydrogen-bond acceptors (Lipinski definition) is 4. The van der Waals surface area contributed by atoms with E-state index in [1.807, 2.05) is 32.9 Å². The van der Waals surface area contributed by atoms with Crippen molar-refractivity contribution in [3.05, 3.63) is 47.3 Å². The maximum Gasteiger partial charge on any atom is 0.257 e. The van der Waals surface area contributed by atoms with Crippen molar-refractivity contribution in [3.63, 3.8) is 0 Å². The quantitative estimate of drug-likeness (QED) is 0.896. The van der Waals surface area contributed by atoms with Gasteiger partial charge >= 0.3 is 0 Å². The number of carbonyl (C=O) groups excluding carboxylic acids is 1. The third kappa shape index (κ3) is 3.54. The minimum absolute atomic E-state index is 0.191. The van der Waals surface area contributed by atoms with Gasteiger partial charge in [-0.2, -0.15) is 0 Å². The van der Waals surface area contributed by atoms with E-state index in [-0.39, 0.29) is 5.91 Å². The molecule has 0 aliphatic carbocycles. The maximum absolute atomic E-state index is 12.2. The van der Waals surface area contributed by atoms with E-state index in [2.05, 4.69) is 20.6 Å². The van der Waals surface area contributed by atoms with E-state index in [1.54, 1.807) is 18.3 Å². The van der Waals surface area contributed by atoms with Crippen LogP contribution in [-0.2, 0) is 0 Å². The monoisotopic (exact) mass is 270 g/mol. The smallest absolute Gasteiger partial charge is 0.257 e. The summed E-state index contributed by atoms with van der Waals surface area (Å²) < 4.78 is 0. The van der Waals surface area contributed by atoms with Crippen LogP contribution in [0.1, 0.15) is 28.5 Å². The van der Waals surface area contributed by atoms with Crippen molar-refractivity contribution >= 4 is 17.5 Å². The van der Waals surface area contributed by atoms with Crippen LogP contribution in [0.2, 0.25) is 0 Å². The van der Waals surface area contributed by atoms with Crippen LogP contribution in [0, 0.1) is 13.8 Å². The molecule has 2 rings (SSSR count). The van der Waals surface area contributed by atoms with Crippen molar-refractivity contribution in [3.8, 4) is 0 Å². The number of nitrogens with zero attached hydrogens (tertiary/aromatic N) is 2. The van der Waals surface area contributed by atoms with E-state index in [0.29, 0.717) is 17.2 Å². The lowest BCUT2D eigenvalue weighted by Crippen LogP contribution is -2.14. The van der Waals surface area contributed by atoms with Gasteiger partial charge in [-0.25, -0.2) is 9.97 Å². The van der Waals surface area contributed by atoms with Crippen LogP contribution in [0.3, 0.4) is 0 Å². The molecule has 0 aliphatic heterocycles. The molecule has 0 atom stereocenters. The van der Waals surface area contributed by atoms with Crippen molar-refractivity contribution in [1.82, 2.24) is 9.97 Å². The van der Waals surface area contributed by atoms with Crippen molar-refractivity contribution in [2.75, 3.05) is 17.2 Å². The van der Waals surface area contributed by atoms with Crippen LogP contribution in [0.4, 0.5) is 11.6 Å². The molecule has 0 spiro atoms. The summed E-state index contributed by atoms with van der Waals surface area (Å²) in [4.78, 5) is 20.6. The van der Waals surface area contributed by atoms with Gasteiger partial charge in [-0.05, 0) is 50.6 Å². The average Bonchev–Trinajstić information content (AvgIpc) is 2.38. The molecule has 2 aromatic rings. The van der Waals surface area contributed by atoms with Crippen LogP contribution in [0.5, 0.6) is 0 Å². The number of amides is 1. The number of anilines is 2. The van der Waals surface area contributed by atoms with Gasteiger partial charge in [-0.3, -0.25) is 4.79 Å². The highest BCUT2D eigenvalue weighted by molar-refractivity contribution is 6.04. The fraction of sp³-hybridized carbons (Fsp3) is 0.267. The zero-order chi connectivity index (χ0) is 14.5. The second kappa shape index (κ2) is 6.14. The van der Waals surface area contributed by atoms with Crippen molar-refractivity contribution < 1.29 is 4.79 Å². The van der Waals surface area contributed by atoms with Gasteiger partial charge in [-0.15, -0.1) is 0 Å². The summed E-state index contributed by atoms with van der Waals surface area (Å²) in [6.45, 7) is 6.61. The van der Waals surface area contributed by atoms with Gasteiger partial charge in [0.05, 0.1) is 0 Å². The van der Waals surface area contributed by atoms with E-state index in [1.165, 1.54) is 0 Å². The Kier molecular flexibility index (Phi) is 4.30. The topological polar surface area (TPSA) is 66.9 Å². The summed E-state index contributed by atoms with van der Waals surface area (Å²) >= 11 is 0. The van der Waals surface area contributed by atoms with Crippen LogP contribution in [0.15, 0.2) is 30.5 Å². The summed E-state index contributed by atoms with van der Waals surface area (Å²) in [7, 11) is 0. The van der Waals surface area contributed by atoms with Gasteiger partial charge in [0, 0.05) is 24.0 Å². The lowest BCUT2D eigenvalue weighted by molar-refractivity contribution is 0.102. The third-order valence-corrected chi connectivity index (χ3v) is 2.72. The normalized spacial score (nSPS) is 10.2. The Morgan fingerprint density at radius 1 is 1.20 bits per heavy atom. The number of aryl methyl sites for hydroxylation is 2. The first kappa shape index (κ1) is 14.0. The second-order valence-corrected chi connectivity index (χ2v) is 4.59. The number of carbonyl (C=O) groups is 1. The first-order valence-electron chi connectivity index (χ1n) is 6.55. The predicted molar refractivity (Wildman–Crippen MR) is 80.1 cm³/mol. The molecule has 0 aromatic carbocycles. The first-order valence-corrected chi connectivity index (χ1v) is 6.55. The minimum Gasteiger partial charge on any atom is -0.370 e. The minimum atomic E-state index is -0.191. The van der Waals surface area contributed by atoms with E-state index >= 15 is 0 Å². The lowest BCUT2D eigenvalue weighted by Gasteiger charge is -2.08. The number of aromatic nitrogens is 2. The summed E-state index contributed by atoms with van der Waals surface area (Å²) in [5, 5.41) is 5.88.